The zero-order valence-electron chi connectivity index (χ0n) is 11.0. The Hall–Kier alpha value is -2.32. The van der Waals surface area contributed by atoms with E-state index in [0.717, 1.165) is 17.5 Å². The largest absolute Gasteiger partial charge is 0.425 e. The number of nitriles is 1. The van der Waals surface area contributed by atoms with Crippen molar-refractivity contribution in [3.8, 4) is 6.07 Å². The molecular formula is C12H7F4N3O2S2. The molecule has 1 aromatic heterocycles. The third-order valence-electron chi connectivity index (χ3n) is 2.72. The van der Waals surface area contributed by atoms with Crippen LogP contribution in [0.4, 0.5) is 28.9 Å². The van der Waals surface area contributed by atoms with Crippen LogP contribution in [-0.2, 0) is 16.2 Å². The fourth-order valence-corrected chi connectivity index (χ4v) is 3.83. The average Bonchev–Trinajstić information content (AvgIpc) is 2.93. The molecule has 2 aromatic rings. The summed E-state index contributed by atoms with van der Waals surface area (Å²) in [4.78, 5) is -1.69. The Morgan fingerprint density at radius 2 is 1.96 bits per heavy atom. The van der Waals surface area contributed by atoms with E-state index >= 15 is 0 Å². The summed E-state index contributed by atoms with van der Waals surface area (Å²) in [5.41, 5.74) is 4.16. The summed E-state index contributed by atoms with van der Waals surface area (Å²) in [6.07, 6.45) is -4.67. The van der Waals surface area contributed by atoms with E-state index in [1.165, 1.54) is 6.07 Å². The highest BCUT2D eigenvalue weighted by Crippen LogP contribution is 2.36. The molecule has 0 aliphatic rings. The average molecular weight is 365 g/mol. The van der Waals surface area contributed by atoms with Crippen molar-refractivity contribution < 1.29 is 26.0 Å². The second-order valence-electron chi connectivity index (χ2n) is 4.25. The van der Waals surface area contributed by atoms with Crippen molar-refractivity contribution in [2.24, 2.45) is 0 Å². The van der Waals surface area contributed by atoms with Crippen LogP contribution in [0.15, 0.2) is 28.5 Å². The maximum Gasteiger partial charge on any atom is 0.425 e. The van der Waals surface area contributed by atoms with Gasteiger partial charge in [-0.2, -0.15) is 18.4 Å². The number of benzene rings is 1. The first-order valence-corrected chi connectivity index (χ1v) is 8.09. The van der Waals surface area contributed by atoms with E-state index < -0.39 is 43.0 Å². The lowest BCUT2D eigenvalue weighted by atomic mass is 10.1. The van der Waals surface area contributed by atoms with Crippen LogP contribution < -0.4 is 10.5 Å². The number of thiophene rings is 1. The Morgan fingerprint density at radius 1 is 1.30 bits per heavy atom. The van der Waals surface area contributed by atoms with Gasteiger partial charge in [0.25, 0.3) is 10.0 Å². The molecule has 0 fully saturated rings. The SMILES string of the molecule is N#Cc1c(F)ccc(NS(=O)(=O)c2csc(C(F)(F)F)c2)c1N. The number of nitrogens with one attached hydrogen (secondary N) is 1. The molecule has 0 amide bonds. The summed E-state index contributed by atoms with van der Waals surface area (Å²) in [7, 11) is -4.36. The van der Waals surface area contributed by atoms with Gasteiger partial charge in [-0.15, -0.1) is 11.3 Å². The molecular weight excluding hydrogens is 358 g/mol. The highest BCUT2D eigenvalue weighted by atomic mass is 32.2. The van der Waals surface area contributed by atoms with Crippen molar-refractivity contribution in [1.29, 1.82) is 5.26 Å². The Bertz CT molecular complexity index is 898. The van der Waals surface area contributed by atoms with Gasteiger partial charge in [-0.25, -0.2) is 12.8 Å². The van der Waals surface area contributed by atoms with Crippen LogP contribution in [0.3, 0.4) is 0 Å². The van der Waals surface area contributed by atoms with Crippen LogP contribution in [-0.4, -0.2) is 8.42 Å². The predicted octanol–water partition coefficient (Wildman–Crippen LogP) is 3.16. The molecule has 11 heteroatoms. The van der Waals surface area contributed by atoms with E-state index in [1.54, 1.807) is 0 Å². The van der Waals surface area contributed by atoms with Crippen LogP contribution in [0.2, 0.25) is 0 Å². The summed E-state index contributed by atoms with van der Waals surface area (Å²) < 4.78 is 77.0. The fraction of sp³-hybridized carbons (Fsp3) is 0.0833. The van der Waals surface area contributed by atoms with E-state index in [2.05, 4.69) is 0 Å². The van der Waals surface area contributed by atoms with Crippen LogP contribution in [0, 0.1) is 17.1 Å². The molecule has 0 aliphatic heterocycles. The van der Waals surface area contributed by atoms with E-state index in [-0.39, 0.29) is 17.0 Å². The quantitative estimate of drug-likeness (QED) is 0.645. The molecule has 0 bridgehead atoms. The van der Waals surface area contributed by atoms with Gasteiger partial charge in [-0.1, -0.05) is 0 Å². The lowest BCUT2D eigenvalue weighted by molar-refractivity contribution is -0.134. The van der Waals surface area contributed by atoms with Gasteiger partial charge in [0.15, 0.2) is 0 Å². The number of halogens is 4. The first kappa shape index (κ1) is 17.0. The molecule has 0 aliphatic carbocycles. The molecule has 5 nitrogen and oxygen atoms in total. The van der Waals surface area contributed by atoms with Crippen molar-refractivity contribution in [2.45, 2.75) is 11.1 Å². The van der Waals surface area contributed by atoms with Crippen molar-refractivity contribution in [2.75, 3.05) is 10.5 Å². The van der Waals surface area contributed by atoms with E-state index in [4.69, 9.17) is 11.0 Å². The Kier molecular flexibility index (Phi) is 4.23. The number of nitrogen functional groups attached to an aromatic ring is 1. The maximum absolute atomic E-state index is 13.3. The van der Waals surface area contributed by atoms with Gasteiger partial charge in [0.05, 0.1) is 16.3 Å². The minimum absolute atomic E-state index is 0.220. The van der Waals surface area contributed by atoms with Gasteiger partial charge in [0, 0.05) is 5.38 Å². The Labute approximate surface area is 132 Å². The molecule has 0 saturated carbocycles. The molecule has 0 radical (unpaired) electrons. The Balaban J connectivity index is 2.40. The molecule has 0 atom stereocenters. The van der Waals surface area contributed by atoms with Gasteiger partial charge in [-0.05, 0) is 18.2 Å². The normalized spacial score (nSPS) is 12.0. The lowest BCUT2D eigenvalue weighted by Crippen LogP contribution is -2.14. The topological polar surface area (TPSA) is 96.0 Å². The number of hydrogen-bond donors (Lipinski definition) is 2. The smallest absolute Gasteiger partial charge is 0.396 e. The standard InChI is InChI=1S/C12H7F4N3O2S2/c13-8-1-2-9(11(18)7(8)4-17)19-23(20,21)6-3-10(22-5-6)12(14,15)16/h1-3,5,19H,18H2. The van der Waals surface area contributed by atoms with Gasteiger partial charge in [0.1, 0.15) is 22.3 Å². The Morgan fingerprint density at radius 3 is 2.48 bits per heavy atom. The summed E-state index contributed by atoms with van der Waals surface area (Å²) in [6.45, 7) is 0. The van der Waals surface area contributed by atoms with E-state index in [9.17, 15) is 26.0 Å². The third-order valence-corrected chi connectivity index (χ3v) is 5.19. The van der Waals surface area contributed by atoms with Crippen molar-refractivity contribution in [1.82, 2.24) is 0 Å². The summed E-state index contributed by atoms with van der Waals surface area (Å²) >= 11 is 0.220. The maximum atomic E-state index is 13.3. The van der Waals surface area contributed by atoms with Gasteiger partial charge >= 0.3 is 6.18 Å². The lowest BCUT2D eigenvalue weighted by Gasteiger charge is -2.10. The first-order valence-electron chi connectivity index (χ1n) is 5.73. The van der Waals surface area contributed by atoms with Gasteiger partial charge < -0.3 is 5.73 Å². The molecule has 2 rings (SSSR count). The number of hydrogen-bond acceptors (Lipinski definition) is 5. The zero-order valence-corrected chi connectivity index (χ0v) is 12.6. The van der Waals surface area contributed by atoms with E-state index in [1.807, 2.05) is 4.72 Å². The second-order valence-corrected chi connectivity index (χ2v) is 6.84. The molecule has 1 aromatic carbocycles. The highest BCUT2D eigenvalue weighted by Gasteiger charge is 2.34. The third kappa shape index (κ3) is 3.38. The fourth-order valence-electron chi connectivity index (χ4n) is 1.61. The highest BCUT2D eigenvalue weighted by molar-refractivity contribution is 7.92. The minimum atomic E-state index is -4.67. The molecule has 0 unspecified atom stereocenters. The van der Waals surface area contributed by atoms with Crippen LogP contribution >= 0.6 is 11.3 Å². The monoisotopic (exact) mass is 365 g/mol. The van der Waals surface area contributed by atoms with Gasteiger partial charge in [-0.3, -0.25) is 4.72 Å². The number of nitrogens with zero attached hydrogens (tertiary/aromatic N) is 1. The van der Waals surface area contributed by atoms with Gasteiger partial charge in [0.2, 0.25) is 0 Å². The molecule has 0 saturated heterocycles. The van der Waals surface area contributed by atoms with Crippen LogP contribution in [0.5, 0.6) is 0 Å². The molecule has 122 valence electrons. The van der Waals surface area contributed by atoms with Crippen LogP contribution in [0.25, 0.3) is 0 Å². The number of alkyl halides is 3. The van der Waals surface area contributed by atoms with Crippen LogP contribution in [0.1, 0.15) is 10.4 Å². The minimum Gasteiger partial charge on any atom is -0.396 e. The second kappa shape index (κ2) is 5.71. The first-order chi connectivity index (χ1) is 10.6. The summed E-state index contributed by atoms with van der Waals surface area (Å²) in [5.74, 6) is -0.942. The van der Waals surface area contributed by atoms with Crippen molar-refractivity contribution >= 4 is 32.7 Å². The molecule has 0 spiro atoms. The predicted molar refractivity (Wildman–Crippen MR) is 75.7 cm³/mol. The number of sulfonamides is 1. The summed E-state index contributed by atoms with van der Waals surface area (Å²) in [5, 5.41) is 9.58. The molecule has 3 N–H and O–H groups in total. The molecule has 1 heterocycles. The number of anilines is 2. The van der Waals surface area contributed by atoms with Crippen molar-refractivity contribution in [3.63, 3.8) is 0 Å². The summed E-state index contributed by atoms with van der Waals surface area (Å²) in [6, 6.07) is 3.74. The van der Waals surface area contributed by atoms with E-state index in [0.29, 0.717) is 6.07 Å². The zero-order chi connectivity index (χ0) is 17.4. The number of nitrogens with two attached hydrogens (primary N) is 1. The number of rotatable bonds is 3. The van der Waals surface area contributed by atoms with Crippen molar-refractivity contribution in [3.05, 3.63) is 39.8 Å². The molecule has 23 heavy (non-hydrogen) atoms.